The summed E-state index contributed by atoms with van der Waals surface area (Å²) in [6, 6.07) is 4.57. The van der Waals surface area contributed by atoms with E-state index in [9.17, 15) is 9.18 Å². The van der Waals surface area contributed by atoms with Gasteiger partial charge in [0.15, 0.2) is 5.78 Å². The maximum atomic E-state index is 13.4. The van der Waals surface area contributed by atoms with Crippen molar-refractivity contribution < 1.29 is 9.18 Å². The van der Waals surface area contributed by atoms with E-state index in [1.807, 2.05) is 6.92 Å². The fourth-order valence-corrected chi connectivity index (χ4v) is 1.47. The highest BCUT2D eigenvalue weighted by molar-refractivity contribution is 5.98. The van der Waals surface area contributed by atoms with Crippen molar-refractivity contribution in [3.63, 3.8) is 0 Å². The van der Waals surface area contributed by atoms with Crippen molar-refractivity contribution in [3.8, 4) is 0 Å². The van der Waals surface area contributed by atoms with Gasteiger partial charge in [0.05, 0.1) is 5.56 Å². The Kier molecular flexibility index (Phi) is 3.97. The van der Waals surface area contributed by atoms with Gasteiger partial charge >= 0.3 is 0 Å². The zero-order valence-corrected chi connectivity index (χ0v) is 9.09. The van der Waals surface area contributed by atoms with Crippen LogP contribution in [0.2, 0.25) is 0 Å². The predicted octanol–water partition coefficient (Wildman–Crippen LogP) is 2.30. The first-order chi connectivity index (χ1) is 7.06. The van der Waals surface area contributed by atoms with Gasteiger partial charge in [-0.1, -0.05) is 18.6 Å². The lowest BCUT2D eigenvalue weighted by Gasteiger charge is -2.10. The molecule has 0 aliphatic heterocycles. The highest BCUT2D eigenvalue weighted by Crippen LogP contribution is 2.16. The smallest absolute Gasteiger partial charge is 0.168 e. The van der Waals surface area contributed by atoms with E-state index in [0.717, 1.165) is 5.56 Å². The molecule has 0 aliphatic rings. The highest BCUT2D eigenvalue weighted by atomic mass is 19.1. The van der Waals surface area contributed by atoms with Crippen LogP contribution in [0, 0.1) is 18.7 Å². The Morgan fingerprint density at radius 3 is 2.80 bits per heavy atom. The van der Waals surface area contributed by atoms with Crippen LogP contribution in [0.1, 0.15) is 29.3 Å². The third-order valence-electron chi connectivity index (χ3n) is 2.43. The fraction of sp³-hybridized carbons (Fsp3) is 0.417. The number of aryl methyl sites for hydroxylation is 1. The molecule has 0 amide bonds. The molecule has 0 fully saturated rings. The molecule has 0 saturated heterocycles. The van der Waals surface area contributed by atoms with Crippen molar-refractivity contribution in [2.24, 2.45) is 11.7 Å². The van der Waals surface area contributed by atoms with Gasteiger partial charge in [0, 0.05) is 5.92 Å². The van der Waals surface area contributed by atoms with Crippen molar-refractivity contribution in [2.45, 2.75) is 20.3 Å². The summed E-state index contributed by atoms with van der Waals surface area (Å²) in [5.74, 6) is -0.831. The van der Waals surface area contributed by atoms with Crippen LogP contribution in [0.4, 0.5) is 4.39 Å². The fourth-order valence-electron chi connectivity index (χ4n) is 1.47. The number of rotatable bonds is 4. The Labute approximate surface area is 89.3 Å². The maximum Gasteiger partial charge on any atom is 0.168 e. The molecule has 1 atom stereocenters. The molecule has 0 bridgehead atoms. The monoisotopic (exact) mass is 209 g/mol. The second kappa shape index (κ2) is 5.03. The van der Waals surface area contributed by atoms with E-state index in [4.69, 9.17) is 5.73 Å². The molecule has 2 N–H and O–H groups in total. The molecule has 1 rings (SSSR count). The number of carbonyl (C=O) groups is 1. The number of ketones is 1. The Morgan fingerprint density at radius 1 is 1.53 bits per heavy atom. The van der Waals surface area contributed by atoms with Crippen LogP contribution in [-0.4, -0.2) is 12.3 Å². The summed E-state index contributed by atoms with van der Waals surface area (Å²) in [5, 5.41) is 0. The molecule has 0 radical (unpaired) electrons. The molecular formula is C12H16FNO. The van der Waals surface area contributed by atoms with Gasteiger partial charge in [-0.05, 0) is 32.0 Å². The average molecular weight is 209 g/mol. The number of nitrogens with two attached hydrogens (primary N) is 1. The Balaban J connectivity index is 2.95. The minimum atomic E-state index is -0.450. The molecule has 0 spiro atoms. The summed E-state index contributed by atoms with van der Waals surface area (Å²) in [7, 11) is 0. The summed E-state index contributed by atoms with van der Waals surface area (Å²) < 4.78 is 13.4. The second-order valence-corrected chi connectivity index (χ2v) is 3.83. The molecule has 1 unspecified atom stereocenters. The molecule has 0 saturated carbocycles. The Bertz CT molecular complexity index is 363. The zero-order valence-electron chi connectivity index (χ0n) is 9.09. The average Bonchev–Trinajstić information content (AvgIpc) is 2.21. The molecule has 2 nitrogen and oxygen atoms in total. The molecule has 15 heavy (non-hydrogen) atoms. The van der Waals surface area contributed by atoms with Crippen LogP contribution in [0.5, 0.6) is 0 Å². The normalized spacial score (nSPS) is 12.5. The topological polar surface area (TPSA) is 43.1 Å². The SMILES string of the molecule is Cc1ccc(F)c(C(=O)C(C)CCN)c1. The molecule has 0 aromatic heterocycles. The van der Waals surface area contributed by atoms with Crippen molar-refractivity contribution in [1.29, 1.82) is 0 Å². The Hall–Kier alpha value is -1.22. The van der Waals surface area contributed by atoms with Gasteiger partial charge in [-0.15, -0.1) is 0 Å². The lowest BCUT2D eigenvalue weighted by Crippen LogP contribution is -2.17. The molecule has 0 heterocycles. The standard InChI is InChI=1S/C12H16FNO/c1-8-3-4-11(13)10(7-8)12(15)9(2)5-6-14/h3-4,7,9H,5-6,14H2,1-2H3. The van der Waals surface area contributed by atoms with Crippen LogP contribution in [-0.2, 0) is 0 Å². The third kappa shape index (κ3) is 2.86. The van der Waals surface area contributed by atoms with E-state index in [1.165, 1.54) is 6.07 Å². The first-order valence-corrected chi connectivity index (χ1v) is 5.06. The summed E-state index contributed by atoms with van der Waals surface area (Å²) in [5.41, 5.74) is 6.43. The van der Waals surface area contributed by atoms with Crippen molar-refractivity contribution >= 4 is 5.78 Å². The van der Waals surface area contributed by atoms with Gasteiger partial charge in [-0.3, -0.25) is 4.79 Å². The number of Topliss-reactive ketones (excluding diaryl/α,β-unsaturated/α-hetero) is 1. The van der Waals surface area contributed by atoms with E-state index in [0.29, 0.717) is 13.0 Å². The first kappa shape index (κ1) is 11.9. The predicted molar refractivity (Wildman–Crippen MR) is 58.3 cm³/mol. The highest BCUT2D eigenvalue weighted by Gasteiger charge is 2.17. The quantitative estimate of drug-likeness (QED) is 0.773. The van der Waals surface area contributed by atoms with Gasteiger partial charge in [0.25, 0.3) is 0 Å². The van der Waals surface area contributed by atoms with Crippen molar-refractivity contribution in [1.82, 2.24) is 0 Å². The van der Waals surface area contributed by atoms with Crippen LogP contribution in [0.15, 0.2) is 18.2 Å². The number of benzene rings is 1. The van der Waals surface area contributed by atoms with E-state index in [2.05, 4.69) is 0 Å². The van der Waals surface area contributed by atoms with Gasteiger partial charge in [-0.25, -0.2) is 4.39 Å². The summed E-state index contributed by atoms with van der Waals surface area (Å²) >= 11 is 0. The number of hydrogen-bond donors (Lipinski definition) is 1. The zero-order chi connectivity index (χ0) is 11.4. The lowest BCUT2D eigenvalue weighted by molar-refractivity contribution is 0.0921. The lowest BCUT2D eigenvalue weighted by atomic mass is 9.95. The van der Waals surface area contributed by atoms with Crippen molar-refractivity contribution in [3.05, 3.63) is 35.1 Å². The number of hydrogen-bond acceptors (Lipinski definition) is 2. The van der Waals surface area contributed by atoms with Crippen LogP contribution in [0.25, 0.3) is 0 Å². The number of carbonyl (C=O) groups excluding carboxylic acids is 1. The minimum absolute atomic E-state index is 0.165. The minimum Gasteiger partial charge on any atom is -0.330 e. The van der Waals surface area contributed by atoms with E-state index in [1.54, 1.807) is 19.1 Å². The summed E-state index contributed by atoms with van der Waals surface area (Å²) in [6.45, 7) is 4.06. The molecule has 1 aromatic rings. The molecular weight excluding hydrogens is 193 g/mol. The molecule has 0 aliphatic carbocycles. The van der Waals surface area contributed by atoms with E-state index >= 15 is 0 Å². The van der Waals surface area contributed by atoms with Gasteiger partial charge < -0.3 is 5.73 Å². The van der Waals surface area contributed by atoms with Gasteiger partial charge in [0.1, 0.15) is 5.82 Å². The first-order valence-electron chi connectivity index (χ1n) is 5.06. The maximum absolute atomic E-state index is 13.4. The number of halogens is 1. The van der Waals surface area contributed by atoms with Gasteiger partial charge in [0.2, 0.25) is 0 Å². The molecule has 3 heteroatoms. The molecule has 1 aromatic carbocycles. The second-order valence-electron chi connectivity index (χ2n) is 3.83. The van der Waals surface area contributed by atoms with E-state index in [-0.39, 0.29) is 17.3 Å². The van der Waals surface area contributed by atoms with Crippen LogP contribution in [0.3, 0.4) is 0 Å². The third-order valence-corrected chi connectivity index (χ3v) is 2.43. The van der Waals surface area contributed by atoms with Gasteiger partial charge in [-0.2, -0.15) is 0 Å². The van der Waals surface area contributed by atoms with E-state index < -0.39 is 5.82 Å². The largest absolute Gasteiger partial charge is 0.330 e. The summed E-state index contributed by atoms with van der Waals surface area (Å²) in [4.78, 5) is 11.8. The summed E-state index contributed by atoms with van der Waals surface area (Å²) in [6.07, 6.45) is 0.589. The van der Waals surface area contributed by atoms with Crippen LogP contribution >= 0.6 is 0 Å². The van der Waals surface area contributed by atoms with Crippen LogP contribution < -0.4 is 5.73 Å². The Morgan fingerprint density at radius 2 is 2.20 bits per heavy atom. The molecule has 82 valence electrons. The van der Waals surface area contributed by atoms with Crippen molar-refractivity contribution in [2.75, 3.05) is 6.54 Å².